The number of nitrogens with zero attached hydrogens (tertiary/aromatic N) is 2. The Balaban J connectivity index is 1.32. The zero-order chi connectivity index (χ0) is 19.3. The second-order valence-corrected chi connectivity index (χ2v) is 7.81. The van der Waals surface area contributed by atoms with Gasteiger partial charge in [0.2, 0.25) is 0 Å². The molecule has 3 unspecified atom stereocenters. The SMILES string of the molecule is CN=C(NCc1ccccc1CN(C)Cc1ccco1)NC1CC2CCC1O2. The zero-order valence-corrected chi connectivity index (χ0v) is 16.7. The summed E-state index contributed by atoms with van der Waals surface area (Å²) in [6, 6.07) is 12.9. The zero-order valence-electron chi connectivity index (χ0n) is 16.7. The molecule has 2 aliphatic rings. The second kappa shape index (κ2) is 8.80. The van der Waals surface area contributed by atoms with Crippen molar-refractivity contribution in [2.75, 3.05) is 14.1 Å². The molecule has 150 valence electrons. The molecule has 2 aromatic rings. The Morgan fingerprint density at radius 1 is 1.14 bits per heavy atom. The van der Waals surface area contributed by atoms with Gasteiger partial charge in [-0.25, -0.2) is 0 Å². The van der Waals surface area contributed by atoms with Crippen molar-refractivity contribution in [2.45, 2.75) is 57.1 Å². The summed E-state index contributed by atoms with van der Waals surface area (Å²) in [6.07, 6.45) is 5.94. The van der Waals surface area contributed by atoms with Crippen LogP contribution in [-0.2, 0) is 24.4 Å². The molecule has 28 heavy (non-hydrogen) atoms. The van der Waals surface area contributed by atoms with Crippen molar-refractivity contribution in [2.24, 2.45) is 4.99 Å². The fourth-order valence-electron chi connectivity index (χ4n) is 4.24. The maximum atomic E-state index is 5.94. The third-order valence-electron chi connectivity index (χ3n) is 5.66. The fraction of sp³-hybridized carbons (Fsp3) is 0.500. The van der Waals surface area contributed by atoms with Crippen molar-refractivity contribution in [3.63, 3.8) is 0 Å². The largest absolute Gasteiger partial charge is 0.468 e. The third-order valence-corrected chi connectivity index (χ3v) is 5.66. The molecule has 0 saturated carbocycles. The number of nitrogens with one attached hydrogen (secondary N) is 2. The highest BCUT2D eigenvalue weighted by Gasteiger charge is 2.41. The highest BCUT2D eigenvalue weighted by molar-refractivity contribution is 5.80. The third kappa shape index (κ3) is 4.56. The maximum absolute atomic E-state index is 5.94. The normalized spacial score (nSPS) is 24.1. The molecule has 3 atom stereocenters. The topological polar surface area (TPSA) is 62.0 Å². The van der Waals surface area contributed by atoms with Crippen LogP contribution in [0, 0.1) is 0 Å². The summed E-state index contributed by atoms with van der Waals surface area (Å²) in [5, 5.41) is 7.03. The summed E-state index contributed by atoms with van der Waals surface area (Å²) in [7, 11) is 3.94. The molecule has 2 fully saturated rings. The summed E-state index contributed by atoms with van der Waals surface area (Å²) in [4.78, 5) is 6.67. The number of hydrogen-bond acceptors (Lipinski definition) is 4. The lowest BCUT2D eigenvalue weighted by atomic mass is 9.96. The van der Waals surface area contributed by atoms with E-state index in [1.54, 1.807) is 6.26 Å². The van der Waals surface area contributed by atoms with Crippen LogP contribution in [0.15, 0.2) is 52.1 Å². The Hall–Kier alpha value is -2.31. The number of ether oxygens (including phenoxy) is 1. The molecule has 1 aromatic heterocycles. The molecule has 3 heterocycles. The molecule has 6 nitrogen and oxygen atoms in total. The van der Waals surface area contributed by atoms with Crippen LogP contribution < -0.4 is 10.6 Å². The maximum Gasteiger partial charge on any atom is 0.191 e. The number of guanidine groups is 1. The molecule has 2 aliphatic heterocycles. The molecule has 2 N–H and O–H groups in total. The lowest BCUT2D eigenvalue weighted by Crippen LogP contribution is -2.47. The highest BCUT2D eigenvalue weighted by Crippen LogP contribution is 2.34. The first kappa shape index (κ1) is 19.0. The molecule has 0 aliphatic carbocycles. The van der Waals surface area contributed by atoms with Gasteiger partial charge < -0.3 is 19.8 Å². The minimum Gasteiger partial charge on any atom is -0.468 e. The van der Waals surface area contributed by atoms with Gasteiger partial charge in [-0.3, -0.25) is 9.89 Å². The van der Waals surface area contributed by atoms with E-state index >= 15 is 0 Å². The van der Waals surface area contributed by atoms with Gasteiger partial charge in [0.15, 0.2) is 5.96 Å². The first-order chi connectivity index (χ1) is 13.7. The molecule has 1 aromatic carbocycles. The van der Waals surface area contributed by atoms with E-state index in [9.17, 15) is 0 Å². The van der Waals surface area contributed by atoms with Crippen molar-refractivity contribution in [3.05, 3.63) is 59.5 Å². The highest BCUT2D eigenvalue weighted by atomic mass is 16.5. The van der Waals surface area contributed by atoms with Crippen molar-refractivity contribution in [3.8, 4) is 0 Å². The van der Waals surface area contributed by atoms with Crippen LogP contribution in [0.25, 0.3) is 0 Å². The Bertz CT molecular complexity index is 790. The van der Waals surface area contributed by atoms with Gasteiger partial charge in [-0.15, -0.1) is 0 Å². The van der Waals surface area contributed by atoms with E-state index in [0.717, 1.165) is 44.2 Å². The molecule has 0 radical (unpaired) electrons. The molecule has 2 bridgehead atoms. The summed E-state index contributed by atoms with van der Waals surface area (Å²) < 4.78 is 11.4. The van der Waals surface area contributed by atoms with E-state index in [2.05, 4.69) is 51.8 Å². The van der Waals surface area contributed by atoms with Crippen molar-refractivity contribution in [1.82, 2.24) is 15.5 Å². The lowest BCUT2D eigenvalue weighted by Gasteiger charge is -2.23. The van der Waals surface area contributed by atoms with E-state index in [-0.39, 0.29) is 0 Å². The minimum atomic E-state index is 0.339. The van der Waals surface area contributed by atoms with Crippen LogP contribution >= 0.6 is 0 Å². The molecule has 0 amide bonds. The van der Waals surface area contributed by atoms with E-state index in [0.29, 0.717) is 18.2 Å². The molecule has 2 saturated heterocycles. The van der Waals surface area contributed by atoms with E-state index < -0.39 is 0 Å². The predicted molar refractivity (Wildman–Crippen MR) is 110 cm³/mol. The number of rotatable bonds is 7. The van der Waals surface area contributed by atoms with Crippen LogP contribution in [0.1, 0.15) is 36.1 Å². The first-order valence-corrected chi connectivity index (χ1v) is 10.1. The Kier molecular flexibility index (Phi) is 5.98. The van der Waals surface area contributed by atoms with Crippen LogP contribution in [-0.4, -0.2) is 43.2 Å². The summed E-state index contributed by atoms with van der Waals surface area (Å²) in [5.74, 6) is 1.83. The van der Waals surface area contributed by atoms with Gasteiger partial charge in [-0.2, -0.15) is 0 Å². The Labute approximate surface area is 167 Å². The number of aliphatic imine (C=N–C) groups is 1. The van der Waals surface area contributed by atoms with Crippen molar-refractivity contribution in [1.29, 1.82) is 0 Å². The summed E-state index contributed by atoms with van der Waals surface area (Å²) in [5.41, 5.74) is 2.59. The quantitative estimate of drug-likeness (QED) is 0.570. The molecule has 0 spiro atoms. The number of furan rings is 1. The predicted octanol–water partition coefficient (Wildman–Crippen LogP) is 2.90. The van der Waals surface area contributed by atoms with Crippen LogP contribution in [0.4, 0.5) is 0 Å². The monoisotopic (exact) mass is 382 g/mol. The average Bonchev–Trinajstić information content (AvgIpc) is 3.44. The van der Waals surface area contributed by atoms with E-state index in [1.807, 2.05) is 19.2 Å². The minimum absolute atomic E-state index is 0.339. The molecular weight excluding hydrogens is 352 g/mol. The summed E-state index contributed by atoms with van der Waals surface area (Å²) >= 11 is 0. The molecule has 6 heteroatoms. The van der Waals surface area contributed by atoms with Gasteiger partial charge in [0.25, 0.3) is 0 Å². The number of fused-ring (bicyclic) bond motifs is 2. The van der Waals surface area contributed by atoms with Gasteiger partial charge in [0, 0.05) is 20.1 Å². The second-order valence-electron chi connectivity index (χ2n) is 7.81. The molecular formula is C22H30N4O2. The summed E-state index contributed by atoms with van der Waals surface area (Å²) in [6.45, 7) is 2.40. The first-order valence-electron chi connectivity index (χ1n) is 10.1. The number of hydrogen-bond donors (Lipinski definition) is 2. The van der Waals surface area contributed by atoms with Crippen molar-refractivity contribution < 1.29 is 9.15 Å². The van der Waals surface area contributed by atoms with E-state index in [4.69, 9.17) is 9.15 Å². The average molecular weight is 383 g/mol. The van der Waals surface area contributed by atoms with Gasteiger partial charge in [-0.05, 0) is 49.6 Å². The molecule has 4 rings (SSSR count). The Morgan fingerprint density at radius 2 is 2.00 bits per heavy atom. The van der Waals surface area contributed by atoms with Gasteiger partial charge in [0.1, 0.15) is 5.76 Å². The standard InChI is InChI=1S/C22H30N4O2/c1-23-22(25-20-12-18-9-10-21(20)28-18)24-13-16-6-3-4-7-17(16)14-26(2)15-19-8-5-11-27-19/h3-8,11,18,20-21H,9-10,12-15H2,1-2H3,(H2,23,24,25). The lowest BCUT2D eigenvalue weighted by molar-refractivity contribution is 0.0992. The van der Waals surface area contributed by atoms with Gasteiger partial charge >= 0.3 is 0 Å². The fourth-order valence-corrected chi connectivity index (χ4v) is 4.24. The Morgan fingerprint density at radius 3 is 2.68 bits per heavy atom. The van der Waals surface area contributed by atoms with Crippen LogP contribution in [0.3, 0.4) is 0 Å². The van der Waals surface area contributed by atoms with Crippen LogP contribution in [0.5, 0.6) is 0 Å². The van der Waals surface area contributed by atoms with Crippen molar-refractivity contribution >= 4 is 5.96 Å². The van der Waals surface area contributed by atoms with E-state index in [1.165, 1.54) is 17.5 Å². The van der Waals surface area contributed by atoms with Crippen LogP contribution in [0.2, 0.25) is 0 Å². The smallest absolute Gasteiger partial charge is 0.191 e. The van der Waals surface area contributed by atoms with Gasteiger partial charge in [-0.1, -0.05) is 24.3 Å². The van der Waals surface area contributed by atoms with Gasteiger partial charge in [0.05, 0.1) is 31.1 Å². The number of benzene rings is 1.